The van der Waals surface area contributed by atoms with E-state index in [2.05, 4.69) is 0 Å². The second-order valence-electron chi connectivity index (χ2n) is 3.90. The van der Waals surface area contributed by atoms with E-state index in [9.17, 15) is 58.2 Å². The molecular weight excluding hydrogens is 349 g/mol. The molecule has 13 heteroatoms. The first-order chi connectivity index (χ1) is 9.41. The van der Waals surface area contributed by atoms with Crippen molar-refractivity contribution in [3.05, 3.63) is 12.2 Å². The second-order valence-corrected chi connectivity index (χ2v) is 3.90. The third-order valence-electron chi connectivity index (χ3n) is 2.44. The van der Waals surface area contributed by atoms with Crippen molar-refractivity contribution in [3.8, 4) is 0 Å². The van der Waals surface area contributed by atoms with Gasteiger partial charge < -0.3 is 9.90 Å². The number of carboxylic acids is 1. The molecule has 0 aliphatic heterocycles. The molecule has 0 saturated heterocycles. The Hall–Kier alpha value is -1.56. The Morgan fingerprint density at radius 2 is 1.18 bits per heavy atom. The van der Waals surface area contributed by atoms with Crippen LogP contribution in [0.5, 0.6) is 0 Å². The molecule has 0 aromatic rings. The van der Waals surface area contributed by atoms with Crippen molar-refractivity contribution in [2.45, 2.75) is 29.6 Å². The van der Waals surface area contributed by atoms with Crippen molar-refractivity contribution < 1.29 is 58.2 Å². The summed E-state index contributed by atoms with van der Waals surface area (Å²) in [5.41, 5.74) is -3.06. The predicted molar refractivity (Wildman–Crippen MR) is 44.9 cm³/mol. The molecule has 2 nitrogen and oxygen atoms in total. The van der Waals surface area contributed by atoms with E-state index in [0.29, 0.717) is 0 Å². The fourth-order valence-corrected chi connectivity index (χ4v) is 1.03. The van der Waals surface area contributed by atoms with E-state index in [-0.39, 0.29) is 0 Å². The van der Waals surface area contributed by atoms with Crippen LogP contribution < -0.4 is 5.11 Å². The molecule has 0 aromatic heterocycles. The zero-order chi connectivity index (χ0) is 18.4. The summed E-state index contributed by atoms with van der Waals surface area (Å²) < 4.78 is 139. The first-order valence-electron chi connectivity index (χ1n) is 4.77. The second kappa shape index (κ2) is 5.26. The molecule has 0 amide bonds. The van der Waals surface area contributed by atoms with Crippen LogP contribution in [0.1, 0.15) is 0 Å². The van der Waals surface area contributed by atoms with Crippen LogP contribution in [0.4, 0.5) is 48.3 Å². The van der Waals surface area contributed by atoms with E-state index in [1.807, 2.05) is 0 Å². The molecule has 0 radical (unpaired) electrons. The van der Waals surface area contributed by atoms with E-state index >= 15 is 0 Å². The van der Waals surface area contributed by atoms with E-state index < -0.39 is 47.8 Å². The number of hydrogen-bond acceptors (Lipinski definition) is 2. The van der Waals surface area contributed by atoms with Crippen LogP contribution >= 0.6 is 0 Å². The summed E-state index contributed by atoms with van der Waals surface area (Å²) in [5.74, 6) is -38.4. The highest BCUT2D eigenvalue weighted by Gasteiger charge is 2.86. The van der Waals surface area contributed by atoms with Crippen molar-refractivity contribution in [1.82, 2.24) is 0 Å². The number of hydrogen-bond donors (Lipinski definition) is 0. The monoisotopic (exact) mass is 353 g/mol. The van der Waals surface area contributed by atoms with Crippen molar-refractivity contribution in [3.63, 3.8) is 0 Å². The van der Waals surface area contributed by atoms with E-state index in [4.69, 9.17) is 0 Å². The van der Waals surface area contributed by atoms with E-state index in [1.165, 1.54) is 0 Å². The van der Waals surface area contributed by atoms with Crippen molar-refractivity contribution in [1.29, 1.82) is 0 Å². The number of aliphatic carboxylic acids is 1. The summed E-state index contributed by atoms with van der Waals surface area (Å²) in [6, 6.07) is 0. The molecule has 0 bridgehead atoms. The van der Waals surface area contributed by atoms with Crippen LogP contribution in [0.2, 0.25) is 0 Å². The molecule has 0 unspecified atom stereocenters. The van der Waals surface area contributed by atoms with Gasteiger partial charge in [0.15, 0.2) is 6.67 Å². The SMILES string of the molecule is C=C(C(=O)[O-])C(F)(F)C(F)(F)C(F)(F)C(F)(F)C(F)(F)CF. The molecule has 0 fully saturated rings. The first kappa shape index (κ1) is 20.4. The molecule has 0 saturated carbocycles. The third-order valence-corrected chi connectivity index (χ3v) is 2.44. The molecule has 0 atom stereocenters. The quantitative estimate of drug-likeness (QED) is 0.521. The summed E-state index contributed by atoms with van der Waals surface area (Å²) >= 11 is 0. The van der Waals surface area contributed by atoms with Gasteiger partial charge in [-0.05, 0) is 0 Å². The van der Waals surface area contributed by atoms with Gasteiger partial charge in [0.05, 0.1) is 5.97 Å². The van der Waals surface area contributed by atoms with Crippen LogP contribution in [0.3, 0.4) is 0 Å². The van der Waals surface area contributed by atoms with Gasteiger partial charge in [0.25, 0.3) is 0 Å². The lowest BCUT2D eigenvalue weighted by atomic mass is 9.91. The minimum Gasteiger partial charge on any atom is -0.545 e. The fourth-order valence-electron chi connectivity index (χ4n) is 1.03. The number of alkyl halides is 11. The Labute approximate surface area is 114 Å². The molecule has 0 N–H and O–H groups in total. The van der Waals surface area contributed by atoms with Gasteiger partial charge in [-0.25, -0.2) is 4.39 Å². The zero-order valence-electron chi connectivity index (χ0n) is 9.89. The highest BCUT2D eigenvalue weighted by atomic mass is 19.4. The van der Waals surface area contributed by atoms with Gasteiger partial charge in [0, 0.05) is 5.57 Å². The van der Waals surface area contributed by atoms with Crippen LogP contribution in [0, 0.1) is 0 Å². The van der Waals surface area contributed by atoms with Gasteiger partial charge in [-0.1, -0.05) is 6.58 Å². The molecule has 0 spiro atoms. The Balaban J connectivity index is 6.18. The fraction of sp³-hybridized carbons (Fsp3) is 0.667. The maximum atomic E-state index is 13.0. The predicted octanol–water partition coefficient (Wildman–Crippen LogP) is 2.44. The summed E-state index contributed by atoms with van der Waals surface area (Å²) in [7, 11) is 0. The minimum absolute atomic E-state index is 1.74. The van der Waals surface area contributed by atoms with Crippen LogP contribution in [-0.2, 0) is 4.79 Å². The Kier molecular flexibility index (Phi) is 4.89. The summed E-state index contributed by atoms with van der Waals surface area (Å²) in [5, 5.41) is 9.96. The van der Waals surface area contributed by atoms with Gasteiger partial charge in [-0.3, -0.25) is 0 Å². The minimum atomic E-state index is -7.53. The molecular formula is C9H4F11O2-. The van der Waals surface area contributed by atoms with E-state index in [1.54, 1.807) is 6.58 Å². The van der Waals surface area contributed by atoms with Crippen LogP contribution in [-0.4, -0.2) is 42.3 Å². The average Bonchev–Trinajstić information content (AvgIpc) is 2.36. The number of carboxylic acid groups (broad SMARTS) is 1. The third kappa shape index (κ3) is 2.49. The number of carbonyl (C=O) groups excluding carboxylic acids is 1. The molecule has 130 valence electrons. The largest absolute Gasteiger partial charge is 0.545 e. The van der Waals surface area contributed by atoms with Crippen molar-refractivity contribution in [2.24, 2.45) is 0 Å². The van der Waals surface area contributed by atoms with Gasteiger partial charge >= 0.3 is 29.6 Å². The summed E-state index contributed by atoms with van der Waals surface area (Å²) in [4.78, 5) is 9.96. The molecule has 0 aliphatic rings. The van der Waals surface area contributed by atoms with Crippen molar-refractivity contribution >= 4 is 5.97 Å². The van der Waals surface area contributed by atoms with Gasteiger partial charge in [0.1, 0.15) is 0 Å². The topological polar surface area (TPSA) is 40.1 Å². The normalized spacial score (nSPS) is 14.9. The Bertz CT molecular complexity index is 468. The maximum absolute atomic E-state index is 13.0. The average molecular weight is 353 g/mol. The standard InChI is InChI=1S/C9H5F11O2/c1-3(4(21)22)6(13,14)8(17,18)9(19,20)7(15,16)5(11,12)2-10/h1-2H2,(H,21,22)/p-1. The number of carbonyl (C=O) groups is 1. The zero-order valence-corrected chi connectivity index (χ0v) is 9.89. The summed E-state index contributed by atoms with van der Waals surface area (Å²) in [6.45, 7) is -1.83. The lowest BCUT2D eigenvalue weighted by Gasteiger charge is -2.39. The number of halogens is 11. The molecule has 0 aromatic carbocycles. The van der Waals surface area contributed by atoms with Crippen molar-refractivity contribution in [2.75, 3.05) is 6.67 Å². The van der Waals surface area contributed by atoms with Gasteiger partial charge in [-0.2, -0.15) is 43.9 Å². The van der Waals surface area contributed by atoms with Crippen LogP contribution in [0.15, 0.2) is 12.2 Å². The van der Waals surface area contributed by atoms with E-state index in [0.717, 1.165) is 0 Å². The molecule has 0 heterocycles. The first-order valence-corrected chi connectivity index (χ1v) is 4.77. The summed E-state index contributed by atoms with van der Waals surface area (Å²) in [6.07, 6.45) is 0. The van der Waals surface area contributed by atoms with Crippen LogP contribution in [0.25, 0.3) is 0 Å². The Morgan fingerprint density at radius 1 is 0.818 bits per heavy atom. The smallest absolute Gasteiger partial charge is 0.384 e. The molecule has 0 rings (SSSR count). The lowest BCUT2D eigenvalue weighted by molar-refractivity contribution is -0.398. The van der Waals surface area contributed by atoms with Gasteiger partial charge in [0.2, 0.25) is 0 Å². The molecule has 22 heavy (non-hydrogen) atoms. The highest BCUT2D eigenvalue weighted by Crippen LogP contribution is 2.58. The molecule has 0 aliphatic carbocycles. The Morgan fingerprint density at radius 3 is 1.45 bits per heavy atom. The highest BCUT2D eigenvalue weighted by molar-refractivity contribution is 5.86. The number of rotatable bonds is 7. The lowest BCUT2D eigenvalue weighted by Crippen LogP contribution is -2.68. The maximum Gasteiger partial charge on any atom is 0.384 e. The van der Waals surface area contributed by atoms with Gasteiger partial charge in [-0.15, -0.1) is 0 Å².